The van der Waals surface area contributed by atoms with Gasteiger partial charge < -0.3 is 10.6 Å². The first kappa shape index (κ1) is 13.4. The average Bonchev–Trinajstić information content (AvgIpc) is 3.22. The number of hydrogen-bond acceptors (Lipinski definition) is 6. The van der Waals surface area contributed by atoms with Crippen LogP contribution in [0, 0.1) is 10.1 Å². The van der Waals surface area contributed by atoms with Crippen LogP contribution in [0.15, 0.2) is 30.6 Å². The molecular formula is C14H14N7O2+. The van der Waals surface area contributed by atoms with Gasteiger partial charge in [-0.05, 0) is 25.0 Å². The fourth-order valence-electron chi connectivity index (χ4n) is 2.26. The van der Waals surface area contributed by atoms with E-state index in [1.165, 1.54) is 12.1 Å². The van der Waals surface area contributed by atoms with Crippen molar-refractivity contribution >= 4 is 34.3 Å². The summed E-state index contributed by atoms with van der Waals surface area (Å²) in [5.41, 5.74) is 2.24. The summed E-state index contributed by atoms with van der Waals surface area (Å²) in [5, 5.41) is 17.1. The van der Waals surface area contributed by atoms with Crippen LogP contribution in [0.1, 0.15) is 12.8 Å². The van der Waals surface area contributed by atoms with Crippen molar-refractivity contribution < 1.29 is 9.91 Å². The highest BCUT2D eigenvalue weighted by Crippen LogP contribution is 2.27. The Labute approximate surface area is 130 Å². The molecule has 2 aromatic heterocycles. The van der Waals surface area contributed by atoms with E-state index in [9.17, 15) is 10.1 Å². The van der Waals surface area contributed by atoms with Gasteiger partial charge in [0, 0.05) is 23.9 Å². The van der Waals surface area contributed by atoms with Gasteiger partial charge in [-0.2, -0.15) is 4.98 Å². The minimum absolute atomic E-state index is 0.0435. The maximum atomic E-state index is 10.7. The fourth-order valence-corrected chi connectivity index (χ4v) is 2.26. The molecule has 0 unspecified atom stereocenters. The first-order valence-electron chi connectivity index (χ1n) is 7.24. The van der Waals surface area contributed by atoms with Crippen LogP contribution in [0.2, 0.25) is 0 Å². The zero-order valence-corrected chi connectivity index (χ0v) is 12.0. The summed E-state index contributed by atoms with van der Waals surface area (Å²) in [4.78, 5) is 25.2. The summed E-state index contributed by atoms with van der Waals surface area (Å²) in [5.74, 6) is 1.16. The molecule has 116 valence electrons. The summed E-state index contributed by atoms with van der Waals surface area (Å²) in [6.07, 6.45) is 3.98. The van der Waals surface area contributed by atoms with Gasteiger partial charge in [-0.15, -0.1) is 0 Å². The zero-order valence-electron chi connectivity index (χ0n) is 12.0. The molecule has 9 heteroatoms. The molecular weight excluding hydrogens is 298 g/mol. The fraction of sp³-hybridized carbons (Fsp3) is 0.214. The molecule has 1 aliphatic rings. The van der Waals surface area contributed by atoms with Crippen molar-refractivity contribution in [3.05, 3.63) is 40.7 Å². The standard InChI is InChI=1S/C14H13N7O2/c22-21(23)10-5-3-9(4-6-10)18-14-19-12-11(15-7-16-12)13(20-14)17-8-1-2-8/h3-8H,1-2H2,(H3,15,16,17,18,19,20)/p+1. The molecule has 0 radical (unpaired) electrons. The van der Waals surface area contributed by atoms with Crippen molar-refractivity contribution in [3.8, 4) is 0 Å². The zero-order chi connectivity index (χ0) is 15.8. The Morgan fingerprint density at radius 1 is 1.26 bits per heavy atom. The van der Waals surface area contributed by atoms with Crippen LogP contribution in [0.3, 0.4) is 0 Å². The number of aromatic nitrogens is 4. The molecule has 0 bridgehead atoms. The number of benzene rings is 1. The summed E-state index contributed by atoms with van der Waals surface area (Å²) < 4.78 is 0. The van der Waals surface area contributed by atoms with Gasteiger partial charge in [-0.3, -0.25) is 15.1 Å². The molecule has 1 fully saturated rings. The summed E-state index contributed by atoms with van der Waals surface area (Å²) in [6, 6.07) is 6.59. The molecule has 1 saturated carbocycles. The number of non-ortho nitro benzene ring substituents is 1. The first-order valence-corrected chi connectivity index (χ1v) is 7.24. The van der Waals surface area contributed by atoms with E-state index in [1.54, 1.807) is 18.5 Å². The minimum Gasteiger partial charge on any atom is -0.364 e. The van der Waals surface area contributed by atoms with Crippen molar-refractivity contribution in [2.45, 2.75) is 18.9 Å². The SMILES string of the molecule is O=[N+]([O-])c1ccc(Nc2nc(NC3CC3)c3[nH]c[nH+]c3n2)cc1. The van der Waals surface area contributed by atoms with Crippen LogP contribution in [0.25, 0.3) is 11.2 Å². The lowest BCUT2D eigenvalue weighted by atomic mass is 10.3. The van der Waals surface area contributed by atoms with Crippen molar-refractivity contribution in [1.82, 2.24) is 15.0 Å². The number of hydrogen-bond donors (Lipinski definition) is 3. The molecule has 1 aliphatic carbocycles. The molecule has 4 N–H and O–H groups in total. The Bertz CT molecular complexity index is 870. The summed E-state index contributed by atoms with van der Waals surface area (Å²) in [6.45, 7) is 0. The van der Waals surface area contributed by atoms with Crippen molar-refractivity contribution in [2.24, 2.45) is 0 Å². The molecule has 0 atom stereocenters. The van der Waals surface area contributed by atoms with E-state index in [1.807, 2.05) is 0 Å². The second-order valence-corrected chi connectivity index (χ2v) is 5.40. The van der Waals surface area contributed by atoms with E-state index in [4.69, 9.17) is 0 Å². The smallest absolute Gasteiger partial charge is 0.307 e. The first-order chi connectivity index (χ1) is 11.2. The van der Waals surface area contributed by atoms with Crippen LogP contribution in [-0.2, 0) is 0 Å². The van der Waals surface area contributed by atoms with Gasteiger partial charge in [0.25, 0.3) is 5.69 Å². The Morgan fingerprint density at radius 3 is 2.74 bits per heavy atom. The predicted molar refractivity (Wildman–Crippen MR) is 83.5 cm³/mol. The number of H-pyrrole nitrogens is 2. The number of imidazole rings is 1. The molecule has 2 heterocycles. The van der Waals surface area contributed by atoms with E-state index in [-0.39, 0.29) is 5.69 Å². The predicted octanol–water partition coefficient (Wildman–Crippen LogP) is 2.00. The topological polar surface area (TPSA) is 123 Å². The average molecular weight is 312 g/mol. The van der Waals surface area contributed by atoms with Crippen molar-refractivity contribution in [3.63, 3.8) is 0 Å². The van der Waals surface area contributed by atoms with Gasteiger partial charge in [0.15, 0.2) is 12.1 Å². The molecule has 0 saturated heterocycles. The van der Waals surface area contributed by atoms with Crippen LogP contribution in [-0.4, -0.2) is 25.9 Å². The minimum atomic E-state index is -0.432. The lowest BCUT2D eigenvalue weighted by molar-refractivity contribution is -0.384. The molecule has 23 heavy (non-hydrogen) atoms. The summed E-state index contributed by atoms with van der Waals surface area (Å²) in [7, 11) is 0. The van der Waals surface area contributed by atoms with Crippen molar-refractivity contribution in [1.29, 1.82) is 0 Å². The second kappa shape index (κ2) is 5.20. The lowest BCUT2D eigenvalue weighted by Crippen LogP contribution is -2.09. The largest absolute Gasteiger partial charge is 0.364 e. The number of rotatable bonds is 5. The van der Waals surface area contributed by atoms with Gasteiger partial charge in [0.1, 0.15) is 0 Å². The molecule has 1 aromatic carbocycles. The third-order valence-electron chi connectivity index (χ3n) is 3.59. The lowest BCUT2D eigenvalue weighted by Gasteiger charge is -2.05. The van der Waals surface area contributed by atoms with E-state index in [0.29, 0.717) is 23.3 Å². The quantitative estimate of drug-likeness (QED) is 0.489. The molecule has 4 rings (SSSR count). The number of nitro benzene ring substituents is 1. The highest BCUT2D eigenvalue weighted by molar-refractivity contribution is 5.82. The van der Waals surface area contributed by atoms with Crippen molar-refractivity contribution in [2.75, 3.05) is 10.6 Å². The normalized spacial score (nSPS) is 13.9. The molecule has 0 aliphatic heterocycles. The highest BCUT2D eigenvalue weighted by Gasteiger charge is 2.25. The Hall–Kier alpha value is -3.23. The van der Waals surface area contributed by atoms with E-state index in [2.05, 4.69) is 30.6 Å². The Kier molecular flexibility index (Phi) is 3.04. The third kappa shape index (κ3) is 2.76. The van der Waals surface area contributed by atoms with Gasteiger partial charge in [-0.1, -0.05) is 4.98 Å². The monoisotopic (exact) mass is 312 g/mol. The van der Waals surface area contributed by atoms with Crippen LogP contribution in [0.4, 0.5) is 23.1 Å². The van der Waals surface area contributed by atoms with Gasteiger partial charge in [0.2, 0.25) is 5.52 Å². The van der Waals surface area contributed by atoms with Crippen LogP contribution < -0.4 is 15.6 Å². The maximum absolute atomic E-state index is 10.7. The maximum Gasteiger partial charge on any atom is 0.307 e. The van der Waals surface area contributed by atoms with Crippen LogP contribution in [0.5, 0.6) is 0 Å². The van der Waals surface area contributed by atoms with E-state index < -0.39 is 4.92 Å². The second-order valence-electron chi connectivity index (χ2n) is 5.40. The number of anilines is 3. The number of aromatic amines is 2. The highest BCUT2D eigenvalue weighted by atomic mass is 16.6. The summed E-state index contributed by atoms with van der Waals surface area (Å²) >= 11 is 0. The number of fused-ring (bicyclic) bond motifs is 1. The molecule has 0 spiro atoms. The van der Waals surface area contributed by atoms with Crippen LogP contribution >= 0.6 is 0 Å². The molecule has 0 amide bonds. The van der Waals surface area contributed by atoms with Gasteiger partial charge in [-0.25, -0.2) is 4.98 Å². The molecule has 9 nitrogen and oxygen atoms in total. The van der Waals surface area contributed by atoms with E-state index in [0.717, 1.165) is 24.2 Å². The molecule has 3 aromatic rings. The number of nitrogens with one attached hydrogen (secondary N) is 4. The van der Waals surface area contributed by atoms with Gasteiger partial charge >= 0.3 is 11.6 Å². The Morgan fingerprint density at radius 2 is 2.04 bits per heavy atom. The van der Waals surface area contributed by atoms with Gasteiger partial charge in [0.05, 0.1) is 4.92 Å². The number of nitrogens with zero attached hydrogens (tertiary/aromatic N) is 3. The number of nitro groups is 1. The Balaban J connectivity index is 1.63. The third-order valence-corrected chi connectivity index (χ3v) is 3.59. The van der Waals surface area contributed by atoms with E-state index >= 15 is 0 Å².